The third kappa shape index (κ3) is 2.62. The number of aryl methyl sites for hydroxylation is 1. The van der Waals surface area contributed by atoms with E-state index in [2.05, 4.69) is 15.3 Å². The van der Waals surface area contributed by atoms with Crippen LogP contribution in [0.2, 0.25) is 0 Å². The molecule has 0 aliphatic carbocycles. The molecule has 0 aliphatic heterocycles. The zero-order valence-electron chi connectivity index (χ0n) is 12.0. The van der Waals surface area contributed by atoms with Gasteiger partial charge in [0.2, 0.25) is 0 Å². The molecule has 0 aliphatic rings. The zero-order valence-corrected chi connectivity index (χ0v) is 12.0. The van der Waals surface area contributed by atoms with E-state index in [1.165, 1.54) is 6.07 Å². The van der Waals surface area contributed by atoms with Crippen molar-refractivity contribution in [1.82, 2.24) is 15.3 Å². The molecule has 21 heavy (non-hydrogen) atoms. The zero-order chi connectivity index (χ0) is 14.8. The van der Waals surface area contributed by atoms with Crippen LogP contribution in [-0.4, -0.2) is 17.0 Å². The van der Waals surface area contributed by atoms with Crippen molar-refractivity contribution in [2.75, 3.05) is 7.05 Å². The molecule has 0 amide bonds. The average Bonchev–Trinajstić information content (AvgIpc) is 2.47. The van der Waals surface area contributed by atoms with Crippen LogP contribution in [0.1, 0.15) is 22.7 Å². The van der Waals surface area contributed by atoms with Gasteiger partial charge in [-0.1, -0.05) is 18.2 Å². The molecule has 0 saturated carbocycles. The SMILES string of the molecule is CNC(c1cc(C)cc(F)c1)c1cccc2nccnc12. The molecular formula is C17H16FN3. The summed E-state index contributed by atoms with van der Waals surface area (Å²) < 4.78 is 13.7. The minimum atomic E-state index is -0.225. The smallest absolute Gasteiger partial charge is 0.123 e. The Labute approximate surface area is 122 Å². The highest BCUT2D eigenvalue weighted by Gasteiger charge is 2.16. The van der Waals surface area contributed by atoms with Crippen LogP contribution in [0, 0.1) is 12.7 Å². The number of nitrogens with zero attached hydrogens (tertiary/aromatic N) is 2. The Morgan fingerprint density at radius 3 is 2.67 bits per heavy atom. The lowest BCUT2D eigenvalue weighted by atomic mass is 9.96. The molecule has 0 spiro atoms. The van der Waals surface area contributed by atoms with Crippen molar-refractivity contribution in [1.29, 1.82) is 0 Å². The number of fused-ring (bicyclic) bond motifs is 1. The van der Waals surface area contributed by atoms with Crippen LogP contribution in [0.5, 0.6) is 0 Å². The Balaban J connectivity index is 2.18. The van der Waals surface area contributed by atoms with Gasteiger partial charge in [0.05, 0.1) is 17.1 Å². The topological polar surface area (TPSA) is 37.8 Å². The number of hydrogen-bond acceptors (Lipinski definition) is 3. The van der Waals surface area contributed by atoms with E-state index < -0.39 is 0 Å². The van der Waals surface area contributed by atoms with Gasteiger partial charge >= 0.3 is 0 Å². The molecule has 1 atom stereocenters. The quantitative estimate of drug-likeness (QED) is 0.799. The van der Waals surface area contributed by atoms with E-state index in [4.69, 9.17) is 0 Å². The fourth-order valence-electron chi connectivity index (χ4n) is 2.68. The maximum Gasteiger partial charge on any atom is 0.123 e. The first-order valence-corrected chi connectivity index (χ1v) is 6.83. The van der Waals surface area contributed by atoms with Crippen LogP contribution in [0.3, 0.4) is 0 Å². The Hall–Kier alpha value is -2.33. The van der Waals surface area contributed by atoms with E-state index in [1.54, 1.807) is 18.5 Å². The van der Waals surface area contributed by atoms with Crippen molar-refractivity contribution in [2.45, 2.75) is 13.0 Å². The molecule has 3 nitrogen and oxygen atoms in total. The summed E-state index contributed by atoms with van der Waals surface area (Å²) in [4.78, 5) is 8.75. The van der Waals surface area contributed by atoms with Gasteiger partial charge in [0.25, 0.3) is 0 Å². The summed E-state index contributed by atoms with van der Waals surface area (Å²) >= 11 is 0. The molecule has 0 radical (unpaired) electrons. The van der Waals surface area contributed by atoms with Gasteiger partial charge in [0, 0.05) is 18.0 Å². The molecule has 1 unspecified atom stereocenters. The Bertz CT molecular complexity index is 760. The van der Waals surface area contributed by atoms with Gasteiger partial charge < -0.3 is 5.32 Å². The third-order valence-electron chi connectivity index (χ3n) is 3.53. The normalized spacial score (nSPS) is 12.5. The second-order valence-corrected chi connectivity index (χ2v) is 5.05. The second kappa shape index (κ2) is 5.58. The van der Waals surface area contributed by atoms with Crippen molar-refractivity contribution in [3.05, 3.63) is 71.3 Å². The summed E-state index contributed by atoms with van der Waals surface area (Å²) in [6.07, 6.45) is 3.35. The Morgan fingerprint density at radius 1 is 1.10 bits per heavy atom. The van der Waals surface area contributed by atoms with Gasteiger partial charge in [-0.25, -0.2) is 4.39 Å². The minimum absolute atomic E-state index is 0.125. The summed E-state index contributed by atoms with van der Waals surface area (Å²) in [5.41, 5.74) is 4.45. The highest BCUT2D eigenvalue weighted by atomic mass is 19.1. The third-order valence-corrected chi connectivity index (χ3v) is 3.53. The molecule has 0 fully saturated rings. The van der Waals surface area contributed by atoms with Crippen molar-refractivity contribution >= 4 is 11.0 Å². The number of hydrogen-bond donors (Lipinski definition) is 1. The van der Waals surface area contributed by atoms with Crippen LogP contribution < -0.4 is 5.32 Å². The van der Waals surface area contributed by atoms with E-state index in [9.17, 15) is 4.39 Å². The minimum Gasteiger partial charge on any atom is -0.309 e. The fraction of sp³-hybridized carbons (Fsp3) is 0.176. The second-order valence-electron chi connectivity index (χ2n) is 5.05. The standard InChI is InChI=1S/C17H16FN3/c1-11-8-12(10-13(18)9-11)16(19-2)14-4-3-5-15-17(14)21-7-6-20-15/h3-10,16,19H,1-2H3. The van der Waals surface area contributed by atoms with Gasteiger partial charge in [0.15, 0.2) is 0 Å². The highest BCUT2D eigenvalue weighted by molar-refractivity contribution is 5.78. The van der Waals surface area contributed by atoms with Crippen LogP contribution in [0.25, 0.3) is 11.0 Å². The van der Waals surface area contributed by atoms with Crippen molar-refractivity contribution in [2.24, 2.45) is 0 Å². The fourth-order valence-corrected chi connectivity index (χ4v) is 2.68. The van der Waals surface area contributed by atoms with E-state index >= 15 is 0 Å². The molecule has 4 heteroatoms. The van der Waals surface area contributed by atoms with Crippen molar-refractivity contribution in [3.63, 3.8) is 0 Å². The van der Waals surface area contributed by atoms with Crippen molar-refractivity contribution < 1.29 is 4.39 Å². The first kappa shape index (κ1) is 13.6. The predicted molar refractivity (Wildman–Crippen MR) is 81.6 cm³/mol. The number of halogens is 1. The van der Waals surface area contributed by atoms with E-state index in [0.717, 1.165) is 27.7 Å². The largest absolute Gasteiger partial charge is 0.309 e. The summed E-state index contributed by atoms with van der Waals surface area (Å²) in [5.74, 6) is -0.225. The molecule has 2 aromatic carbocycles. The molecule has 1 heterocycles. The number of aromatic nitrogens is 2. The molecule has 1 aromatic heterocycles. The lowest BCUT2D eigenvalue weighted by Gasteiger charge is -2.19. The molecule has 3 rings (SSSR count). The molecule has 106 valence electrons. The Kier molecular flexibility index (Phi) is 3.62. The van der Waals surface area contributed by atoms with Gasteiger partial charge in [-0.05, 0) is 43.3 Å². The monoisotopic (exact) mass is 281 g/mol. The van der Waals surface area contributed by atoms with Gasteiger partial charge in [-0.2, -0.15) is 0 Å². The van der Waals surface area contributed by atoms with E-state index in [-0.39, 0.29) is 11.9 Å². The van der Waals surface area contributed by atoms with Crippen LogP contribution in [0.15, 0.2) is 48.8 Å². The summed E-state index contributed by atoms with van der Waals surface area (Å²) in [6.45, 7) is 1.89. The van der Waals surface area contributed by atoms with Gasteiger partial charge in [-0.3, -0.25) is 9.97 Å². The molecular weight excluding hydrogens is 265 g/mol. The van der Waals surface area contributed by atoms with E-state index in [0.29, 0.717) is 0 Å². The maximum absolute atomic E-state index is 13.7. The lowest BCUT2D eigenvalue weighted by molar-refractivity contribution is 0.615. The average molecular weight is 281 g/mol. The predicted octanol–water partition coefficient (Wildman–Crippen LogP) is 3.39. The van der Waals surface area contributed by atoms with E-state index in [1.807, 2.05) is 38.2 Å². The summed E-state index contributed by atoms with van der Waals surface area (Å²) in [7, 11) is 1.86. The first-order valence-electron chi connectivity index (χ1n) is 6.83. The molecule has 0 saturated heterocycles. The first-order chi connectivity index (χ1) is 10.2. The van der Waals surface area contributed by atoms with Crippen LogP contribution >= 0.6 is 0 Å². The van der Waals surface area contributed by atoms with Gasteiger partial charge in [-0.15, -0.1) is 0 Å². The van der Waals surface area contributed by atoms with Crippen LogP contribution in [0.4, 0.5) is 4.39 Å². The number of nitrogens with one attached hydrogen (secondary N) is 1. The Morgan fingerprint density at radius 2 is 1.90 bits per heavy atom. The molecule has 0 bridgehead atoms. The number of para-hydroxylation sites is 1. The molecule has 1 N–H and O–H groups in total. The molecule has 3 aromatic rings. The lowest BCUT2D eigenvalue weighted by Crippen LogP contribution is -2.18. The van der Waals surface area contributed by atoms with Crippen LogP contribution in [-0.2, 0) is 0 Å². The van der Waals surface area contributed by atoms with Crippen molar-refractivity contribution in [3.8, 4) is 0 Å². The number of rotatable bonds is 3. The number of benzene rings is 2. The summed E-state index contributed by atoms with van der Waals surface area (Å²) in [5, 5.41) is 3.25. The highest BCUT2D eigenvalue weighted by Crippen LogP contribution is 2.27. The maximum atomic E-state index is 13.7. The summed E-state index contributed by atoms with van der Waals surface area (Å²) in [6, 6.07) is 10.8. The van der Waals surface area contributed by atoms with Gasteiger partial charge in [0.1, 0.15) is 5.82 Å².